The van der Waals surface area contributed by atoms with E-state index < -0.39 is 129 Å². The number of alkyl halides is 6. The largest absolute Gasteiger partial charge is 0.480 e. The first-order valence-corrected chi connectivity index (χ1v) is 28.2. The maximum atomic E-state index is 15.3. The summed E-state index contributed by atoms with van der Waals surface area (Å²) >= 11 is 12.3. The first kappa shape index (κ1) is 66.8. The fourth-order valence-electron chi connectivity index (χ4n) is 10.2. The molecule has 8 aromatic rings. The first-order valence-electron chi connectivity index (χ1n) is 27.4. The molecule has 92 heavy (non-hydrogen) atoms. The lowest BCUT2D eigenvalue weighted by Gasteiger charge is -2.38. The van der Waals surface area contributed by atoms with E-state index in [1.165, 1.54) is 96.8 Å². The molecule has 4 atom stereocenters. The molecular weight excluding hydrogens is 1280 g/mol. The van der Waals surface area contributed by atoms with Crippen molar-refractivity contribution in [1.82, 2.24) is 48.8 Å². The van der Waals surface area contributed by atoms with Crippen LogP contribution in [-0.4, -0.2) is 150 Å². The summed E-state index contributed by atoms with van der Waals surface area (Å²) in [6.07, 6.45) is -1.81. The van der Waals surface area contributed by atoms with Gasteiger partial charge in [-0.15, -0.1) is 0 Å². The molecule has 0 saturated carbocycles. The molecular formula is C58H50Cl2F8N12O12. The highest BCUT2D eigenvalue weighted by atomic mass is 35.5. The van der Waals surface area contributed by atoms with Gasteiger partial charge in [-0.3, -0.25) is 38.3 Å². The molecule has 3 N–H and O–H groups in total. The summed E-state index contributed by atoms with van der Waals surface area (Å²) in [5.74, 6) is -7.19. The molecule has 2 saturated heterocycles. The lowest BCUT2D eigenvalue weighted by atomic mass is 10.1. The molecule has 8 heterocycles. The third kappa shape index (κ3) is 14.1. The molecule has 6 aromatic heterocycles. The predicted octanol–water partition coefficient (Wildman–Crippen LogP) is 5.41. The van der Waals surface area contributed by atoms with Crippen LogP contribution < -0.4 is 42.9 Å². The van der Waals surface area contributed by atoms with E-state index in [9.17, 15) is 69.8 Å². The number of carbonyl (C=O) groups excluding carboxylic acids is 3. The maximum Gasteiger partial charge on any atom is 0.411 e. The minimum absolute atomic E-state index is 0.00300. The number of carboxylic acid groups (broad SMARTS) is 1. The smallest absolute Gasteiger partial charge is 0.411 e. The van der Waals surface area contributed by atoms with Crippen molar-refractivity contribution in [3.05, 3.63) is 183 Å². The Hall–Kier alpha value is -9.66. The molecule has 484 valence electrons. The van der Waals surface area contributed by atoms with Crippen LogP contribution in [0.5, 0.6) is 0 Å². The number of morpholine rings is 2. The first-order chi connectivity index (χ1) is 43.6. The van der Waals surface area contributed by atoms with E-state index in [4.69, 9.17) is 37.4 Å². The summed E-state index contributed by atoms with van der Waals surface area (Å²) < 4.78 is 131. The van der Waals surface area contributed by atoms with Crippen molar-refractivity contribution in [3.63, 3.8) is 0 Å². The molecule has 34 heteroatoms. The number of aliphatic carboxylic acids is 1. The summed E-state index contributed by atoms with van der Waals surface area (Å²) in [5.41, 5.74) is -3.17. The van der Waals surface area contributed by atoms with Gasteiger partial charge in [0.05, 0.1) is 88.4 Å². The fourth-order valence-corrected chi connectivity index (χ4v) is 10.7. The molecule has 2 aromatic carbocycles. The third-order valence-electron chi connectivity index (χ3n) is 14.8. The number of carboxylic acids is 1. The minimum atomic E-state index is -4.68. The van der Waals surface area contributed by atoms with E-state index in [-0.39, 0.29) is 85.1 Å². The number of hydrogen-bond acceptors (Lipinski definition) is 17. The Morgan fingerprint density at radius 1 is 0.641 bits per heavy atom. The monoisotopic (exact) mass is 1330 g/mol. The zero-order chi connectivity index (χ0) is 66.7. The fraction of sp³-hybridized carbons (Fsp3) is 0.310. The number of fused-ring (bicyclic) bond motifs is 2. The van der Waals surface area contributed by atoms with Crippen LogP contribution in [-0.2, 0) is 50.7 Å². The summed E-state index contributed by atoms with van der Waals surface area (Å²) in [6.45, 7) is -0.304. The predicted molar refractivity (Wildman–Crippen MR) is 314 cm³/mol. The number of aryl methyl sites for hydroxylation is 2. The maximum absolute atomic E-state index is 15.3. The number of hydrogen-bond donors (Lipinski definition) is 3. The van der Waals surface area contributed by atoms with Gasteiger partial charge in [0.2, 0.25) is 0 Å². The van der Waals surface area contributed by atoms with Crippen molar-refractivity contribution in [3.8, 4) is 11.6 Å². The number of benzene rings is 2. The van der Waals surface area contributed by atoms with E-state index in [0.29, 0.717) is 16.6 Å². The number of nitrogens with zero attached hydrogens (tertiary/aromatic N) is 10. The Bertz CT molecular complexity index is 4370. The number of anilines is 2. The van der Waals surface area contributed by atoms with Crippen LogP contribution in [0.15, 0.2) is 117 Å². The Morgan fingerprint density at radius 3 is 1.42 bits per heavy atom. The van der Waals surface area contributed by atoms with Crippen LogP contribution >= 0.6 is 23.2 Å². The highest BCUT2D eigenvalue weighted by Gasteiger charge is 2.47. The number of esters is 1. The Labute approximate surface area is 522 Å². The number of ether oxygens (including phenoxy) is 3. The van der Waals surface area contributed by atoms with Gasteiger partial charge in [0, 0.05) is 76.2 Å². The number of halogens is 10. The number of rotatable bonds is 15. The SMILES string of the molecule is CCOC(=O)[C@H](Cc1ccc(-n2c(=O)c3ccncc3n(C)c2=O)nc1)NC(=O)c1c(F)cc(N2CCOC[C@@H]2C(F)(F)F)cc1Cl.Cn1c(=O)n(-c2ccc(C[C@H](NC(=O)c3c(F)cc(N4CCOC[C@@H]4C(F)(F)F)cc3Cl)C(=O)O)cn2)c(=O)c2ccncc21. The van der Waals surface area contributed by atoms with Crippen molar-refractivity contribution < 1.29 is 73.6 Å². The summed E-state index contributed by atoms with van der Waals surface area (Å²) in [6, 6.07) is 4.94. The second kappa shape index (κ2) is 27.4. The average molecular weight is 1330 g/mol. The van der Waals surface area contributed by atoms with E-state index in [1.54, 1.807) is 6.92 Å². The molecule has 0 radical (unpaired) electrons. The van der Waals surface area contributed by atoms with Crippen molar-refractivity contribution in [2.75, 3.05) is 55.9 Å². The van der Waals surface area contributed by atoms with E-state index in [2.05, 4.69) is 30.6 Å². The number of amides is 2. The van der Waals surface area contributed by atoms with E-state index in [0.717, 1.165) is 43.2 Å². The van der Waals surface area contributed by atoms with Crippen LogP contribution in [0.1, 0.15) is 38.8 Å². The van der Waals surface area contributed by atoms with Gasteiger partial charge in [-0.25, -0.2) is 47.1 Å². The summed E-state index contributed by atoms with van der Waals surface area (Å²) in [4.78, 5) is 121. The van der Waals surface area contributed by atoms with E-state index >= 15 is 8.78 Å². The number of aromatic nitrogens is 8. The van der Waals surface area contributed by atoms with Gasteiger partial charge in [0.25, 0.3) is 22.9 Å². The van der Waals surface area contributed by atoms with Crippen LogP contribution in [0, 0.1) is 11.6 Å². The molecule has 24 nitrogen and oxygen atoms in total. The standard InChI is InChI=1S/C30H27ClF4N6O6.C28H23ClF4N6O6/c1-3-47-28(44)21(10-16-4-5-24(37-13-16)41-27(43)18-6-7-36-14-22(18)39(2)29(41)45)38-26(42)25-19(31)11-17(12-20(25)32)40-8-9-46-15-23(40)30(33,34)35;1-37-20-12-34-5-4-16(20)25(41)39(27(37)44)22-3-2-14(11-35-22)8-19(26(42)43)36-24(40)23-17(29)9-15(10-18(23)30)38-6-7-45-13-21(38)28(31,32)33/h4-7,11-14,21,23H,3,8-10,15H2,1-2H3,(H,38,42);2-5,9-12,19,21H,6-8,13H2,1H3,(H,36,40)(H,42,43)/t21-,23+;19-,21+/m00/s1. The van der Waals surface area contributed by atoms with Crippen molar-refractivity contribution in [2.45, 2.75) is 56.3 Å². The number of pyridine rings is 4. The summed E-state index contributed by atoms with van der Waals surface area (Å²) in [5, 5.41) is 13.7. The number of carbonyl (C=O) groups is 4. The molecule has 0 unspecified atom stereocenters. The molecule has 2 fully saturated rings. The van der Waals surface area contributed by atoms with Gasteiger partial charge in [0.1, 0.15) is 47.4 Å². The third-order valence-corrected chi connectivity index (χ3v) is 15.4. The highest BCUT2D eigenvalue weighted by Crippen LogP contribution is 2.36. The number of nitrogens with one attached hydrogen (secondary N) is 2. The van der Waals surface area contributed by atoms with Gasteiger partial charge >= 0.3 is 35.7 Å². The molecule has 10 rings (SSSR count). The molecule has 2 amide bonds. The van der Waals surface area contributed by atoms with Crippen molar-refractivity contribution in [1.29, 1.82) is 0 Å². The van der Waals surface area contributed by atoms with Crippen LogP contribution in [0.3, 0.4) is 0 Å². The van der Waals surface area contributed by atoms with Crippen molar-refractivity contribution in [2.24, 2.45) is 14.1 Å². The van der Waals surface area contributed by atoms with Crippen LogP contribution in [0.4, 0.5) is 46.5 Å². The Kier molecular flexibility index (Phi) is 19.9. The minimum Gasteiger partial charge on any atom is -0.480 e. The second-order valence-corrected chi connectivity index (χ2v) is 21.4. The van der Waals surface area contributed by atoms with Gasteiger partial charge in [-0.2, -0.15) is 26.3 Å². The molecule has 2 aliphatic heterocycles. The van der Waals surface area contributed by atoms with E-state index in [1.807, 2.05) is 0 Å². The van der Waals surface area contributed by atoms with Crippen LogP contribution in [0.25, 0.3) is 33.4 Å². The summed E-state index contributed by atoms with van der Waals surface area (Å²) in [7, 11) is 2.94. The average Bonchev–Trinajstić information content (AvgIpc) is 0.795. The topological polar surface area (TPSA) is 286 Å². The van der Waals surface area contributed by atoms with Gasteiger partial charge in [0.15, 0.2) is 0 Å². The van der Waals surface area contributed by atoms with Gasteiger partial charge in [-0.1, -0.05) is 35.3 Å². The molecule has 0 spiro atoms. The lowest BCUT2D eigenvalue weighted by molar-refractivity contribution is -0.167. The van der Waals surface area contributed by atoms with Crippen LogP contribution in [0.2, 0.25) is 10.0 Å². The highest BCUT2D eigenvalue weighted by molar-refractivity contribution is 6.34. The Balaban J connectivity index is 0.000000218. The molecule has 0 bridgehead atoms. The zero-order valence-electron chi connectivity index (χ0n) is 48.1. The molecule has 0 aliphatic carbocycles. The second-order valence-electron chi connectivity index (χ2n) is 20.6. The van der Waals surface area contributed by atoms with Gasteiger partial charge in [-0.05, 0) is 66.6 Å². The quantitative estimate of drug-likeness (QED) is 0.0854. The van der Waals surface area contributed by atoms with Gasteiger partial charge < -0.3 is 39.8 Å². The lowest BCUT2D eigenvalue weighted by Crippen LogP contribution is -2.53. The van der Waals surface area contributed by atoms with Crippen molar-refractivity contribution >= 4 is 80.1 Å². The normalized spacial score (nSPS) is 15.9. The Morgan fingerprint density at radius 2 is 1.05 bits per heavy atom. The molecule has 2 aliphatic rings. The zero-order valence-corrected chi connectivity index (χ0v) is 49.6.